The normalized spacial score (nSPS) is 15.6. The Morgan fingerprint density at radius 1 is 0.453 bits per heavy atom. The highest BCUT2D eigenvalue weighted by molar-refractivity contribution is 5.89. The van der Waals surface area contributed by atoms with Crippen LogP contribution in [0, 0.1) is 0 Å². The number of para-hydroxylation sites is 4. The SMILES string of the molecule is O=C(NCc1cc2c3c(c1)Cc1cccc4c1OCCOCCOc1c(cccc1C2)Cc1cccc(c1OCCOCCO3)C4)Nc1ccccc1. The van der Waals surface area contributed by atoms with E-state index in [4.69, 9.17) is 28.4 Å². The van der Waals surface area contributed by atoms with Gasteiger partial charge in [-0.15, -0.1) is 0 Å². The molecule has 0 fully saturated rings. The number of rotatable bonds is 3. The number of hydrogen-bond donors (Lipinski definition) is 2. The molecule has 5 aromatic rings. The van der Waals surface area contributed by atoms with Crippen LogP contribution in [0.1, 0.15) is 50.1 Å². The second-order valence-corrected chi connectivity index (χ2v) is 13.5. The van der Waals surface area contributed by atoms with Crippen molar-refractivity contribution >= 4 is 11.7 Å². The van der Waals surface area contributed by atoms with Gasteiger partial charge < -0.3 is 39.1 Å². The predicted octanol–water partition coefficient (Wildman–Crippen LogP) is 7.26. The van der Waals surface area contributed by atoms with Gasteiger partial charge in [-0.2, -0.15) is 0 Å². The van der Waals surface area contributed by atoms with Crippen LogP contribution in [0.2, 0.25) is 0 Å². The molecule has 0 spiro atoms. The van der Waals surface area contributed by atoms with E-state index in [1.807, 2.05) is 30.3 Å². The van der Waals surface area contributed by atoms with E-state index < -0.39 is 0 Å². The molecule has 5 aliphatic rings. The summed E-state index contributed by atoms with van der Waals surface area (Å²) < 4.78 is 38.6. The maximum absolute atomic E-state index is 13.0. The molecule has 0 aromatic heterocycles. The number of urea groups is 1. The van der Waals surface area contributed by atoms with Crippen LogP contribution in [-0.2, 0) is 41.7 Å². The fourth-order valence-corrected chi connectivity index (χ4v) is 7.40. The third-order valence-electron chi connectivity index (χ3n) is 9.74. The van der Waals surface area contributed by atoms with Crippen LogP contribution in [0.3, 0.4) is 0 Å². The molecule has 4 aliphatic heterocycles. The number of nitrogens with one attached hydrogen (secondary N) is 2. The fraction of sp³-hybridized carbons (Fsp3) is 0.295. The Balaban J connectivity index is 1.31. The summed E-state index contributed by atoms with van der Waals surface area (Å²) >= 11 is 0. The van der Waals surface area contributed by atoms with E-state index >= 15 is 0 Å². The van der Waals surface area contributed by atoms with Crippen molar-refractivity contribution < 1.29 is 33.2 Å². The van der Waals surface area contributed by atoms with E-state index in [2.05, 4.69) is 77.4 Å². The second kappa shape index (κ2) is 16.4. The number of carbonyl (C=O) groups excluding carboxylic acids is 1. The van der Waals surface area contributed by atoms with Crippen molar-refractivity contribution in [1.29, 1.82) is 0 Å². The van der Waals surface area contributed by atoms with E-state index in [-0.39, 0.29) is 6.03 Å². The van der Waals surface area contributed by atoms with Gasteiger partial charge in [-0.3, -0.25) is 0 Å². The van der Waals surface area contributed by atoms with E-state index in [1.165, 1.54) is 0 Å². The molecule has 0 saturated carbocycles. The van der Waals surface area contributed by atoms with Gasteiger partial charge in [0.05, 0.1) is 26.4 Å². The van der Waals surface area contributed by atoms with Gasteiger partial charge in [0.25, 0.3) is 0 Å². The van der Waals surface area contributed by atoms with Gasteiger partial charge in [0.2, 0.25) is 0 Å². The zero-order valence-electron chi connectivity index (χ0n) is 29.8. The van der Waals surface area contributed by atoms with Gasteiger partial charge in [-0.1, -0.05) is 72.8 Å². The van der Waals surface area contributed by atoms with Crippen molar-refractivity contribution in [3.63, 3.8) is 0 Å². The molecule has 272 valence electrons. The first-order chi connectivity index (χ1) is 26.2. The van der Waals surface area contributed by atoms with Gasteiger partial charge in [0.15, 0.2) is 0 Å². The van der Waals surface area contributed by atoms with Crippen molar-refractivity contribution in [2.45, 2.75) is 32.2 Å². The molecule has 0 saturated heterocycles. The zero-order valence-corrected chi connectivity index (χ0v) is 29.8. The lowest BCUT2D eigenvalue weighted by atomic mass is 9.90. The van der Waals surface area contributed by atoms with E-state index in [0.29, 0.717) is 85.1 Å². The molecule has 10 rings (SSSR count). The summed E-state index contributed by atoms with van der Waals surface area (Å²) in [5, 5.41) is 6.00. The zero-order chi connectivity index (χ0) is 35.8. The molecule has 0 radical (unpaired) electrons. The van der Waals surface area contributed by atoms with Gasteiger partial charge in [0, 0.05) is 37.9 Å². The first kappa shape index (κ1) is 34.6. The molecule has 4 heterocycles. The first-order valence-corrected chi connectivity index (χ1v) is 18.4. The highest BCUT2D eigenvalue weighted by Gasteiger charge is 2.23. The Hall–Kier alpha value is -5.51. The van der Waals surface area contributed by atoms with Crippen LogP contribution in [0.25, 0.3) is 0 Å². The fourth-order valence-electron chi connectivity index (χ4n) is 7.40. The number of ether oxygens (including phenoxy) is 6. The van der Waals surface area contributed by atoms with Crippen LogP contribution in [-0.4, -0.2) is 58.9 Å². The number of fused-ring (bicyclic) bond motifs is 12. The second-order valence-electron chi connectivity index (χ2n) is 13.5. The third kappa shape index (κ3) is 8.27. The third-order valence-corrected chi connectivity index (χ3v) is 9.74. The first-order valence-electron chi connectivity index (χ1n) is 18.4. The number of benzene rings is 5. The number of anilines is 1. The maximum atomic E-state index is 13.0. The highest BCUT2D eigenvalue weighted by atomic mass is 16.6. The largest absolute Gasteiger partial charge is 0.491 e. The predicted molar refractivity (Wildman–Crippen MR) is 203 cm³/mol. The Morgan fingerprint density at radius 3 is 1.25 bits per heavy atom. The average molecular weight is 713 g/mol. The molecule has 0 atom stereocenters. The molecular weight excluding hydrogens is 668 g/mol. The van der Waals surface area contributed by atoms with Crippen LogP contribution in [0.5, 0.6) is 23.0 Å². The smallest absolute Gasteiger partial charge is 0.319 e. The molecule has 9 heteroatoms. The lowest BCUT2D eigenvalue weighted by Crippen LogP contribution is -2.28. The van der Waals surface area contributed by atoms with E-state index in [9.17, 15) is 4.79 Å². The van der Waals surface area contributed by atoms with Gasteiger partial charge in [0.1, 0.15) is 49.4 Å². The Kier molecular flexibility index (Phi) is 10.7. The lowest BCUT2D eigenvalue weighted by Gasteiger charge is -2.24. The summed E-state index contributed by atoms with van der Waals surface area (Å²) in [5.41, 5.74) is 10.1. The van der Waals surface area contributed by atoms with Crippen molar-refractivity contribution in [3.8, 4) is 23.0 Å². The summed E-state index contributed by atoms with van der Waals surface area (Å²) in [5.74, 6) is 3.35. The molecule has 12 bridgehead atoms. The number of amides is 2. The molecule has 5 aromatic carbocycles. The summed E-state index contributed by atoms with van der Waals surface area (Å²) in [6.07, 6.45) is 2.33. The molecule has 1 aliphatic carbocycles. The highest BCUT2D eigenvalue weighted by Crippen LogP contribution is 2.39. The molecule has 9 nitrogen and oxygen atoms in total. The maximum Gasteiger partial charge on any atom is 0.319 e. The van der Waals surface area contributed by atoms with E-state index in [1.54, 1.807) is 0 Å². The molecular formula is C44H44N2O7. The monoisotopic (exact) mass is 712 g/mol. The van der Waals surface area contributed by atoms with Crippen molar-refractivity contribution in [2.24, 2.45) is 0 Å². The molecule has 0 unspecified atom stereocenters. The molecule has 2 amide bonds. The van der Waals surface area contributed by atoms with Gasteiger partial charge >= 0.3 is 6.03 Å². The summed E-state index contributed by atoms with van der Waals surface area (Å²) in [6.45, 7) is 3.58. The van der Waals surface area contributed by atoms with Crippen LogP contribution >= 0.6 is 0 Å². The van der Waals surface area contributed by atoms with Gasteiger partial charge in [-0.25, -0.2) is 4.79 Å². The molecule has 53 heavy (non-hydrogen) atoms. The Bertz CT molecular complexity index is 1960. The summed E-state index contributed by atoms with van der Waals surface area (Å²) in [6, 6.07) is 32.6. The molecule has 2 N–H and O–H groups in total. The quantitative estimate of drug-likeness (QED) is 0.187. The van der Waals surface area contributed by atoms with Gasteiger partial charge in [-0.05, 0) is 74.3 Å². The Labute approximate surface area is 310 Å². The summed E-state index contributed by atoms with van der Waals surface area (Å²) in [4.78, 5) is 13.0. The van der Waals surface area contributed by atoms with E-state index in [0.717, 1.165) is 78.8 Å². The summed E-state index contributed by atoms with van der Waals surface area (Å²) in [7, 11) is 0. The minimum Gasteiger partial charge on any atom is -0.491 e. The number of carbonyl (C=O) groups is 1. The lowest BCUT2D eigenvalue weighted by molar-refractivity contribution is 0.0744. The van der Waals surface area contributed by atoms with Crippen molar-refractivity contribution in [3.05, 3.63) is 147 Å². The minimum atomic E-state index is -0.275. The standard InChI is InChI=1S/C44H44N2O7/c47-44(46-39-13-2-1-3-14-39)45-29-30-23-37-27-35-11-5-9-33-25-31-7-4-8-32-26-34-10-6-12-36(42(34)52-21-17-48-16-20-51-41(33)35)28-38(24-30)43(37)53-22-18-49-15-19-50-40(31)32/h1-14,23-24H,15-22,25-29H2,(H2,45,46,47). The topological polar surface area (TPSA) is 96.5 Å². The van der Waals surface area contributed by atoms with Crippen LogP contribution in [0.15, 0.2) is 97.1 Å². The average Bonchev–Trinajstić information content (AvgIpc) is 3.16. The van der Waals surface area contributed by atoms with Crippen LogP contribution in [0.4, 0.5) is 10.5 Å². The van der Waals surface area contributed by atoms with Crippen molar-refractivity contribution in [2.75, 3.05) is 58.2 Å². The number of hydrogen-bond acceptors (Lipinski definition) is 7. The Morgan fingerprint density at radius 2 is 0.830 bits per heavy atom. The minimum absolute atomic E-state index is 0.275. The van der Waals surface area contributed by atoms with Crippen molar-refractivity contribution in [1.82, 2.24) is 5.32 Å². The van der Waals surface area contributed by atoms with Crippen LogP contribution < -0.4 is 29.6 Å².